The van der Waals surface area contributed by atoms with Crippen LogP contribution in [0.5, 0.6) is 0 Å². The Balaban J connectivity index is 0.943. The highest BCUT2D eigenvalue weighted by atomic mass is 16.3. The van der Waals surface area contributed by atoms with Gasteiger partial charge < -0.3 is 8.83 Å². The molecule has 0 aliphatic heterocycles. The van der Waals surface area contributed by atoms with Crippen molar-refractivity contribution in [3.05, 3.63) is 211 Å². The lowest BCUT2D eigenvalue weighted by atomic mass is 9.82. The molecule has 0 bridgehead atoms. The smallest absolute Gasteiger partial charge is 0.167 e. The molecule has 0 N–H and O–H groups in total. The van der Waals surface area contributed by atoms with E-state index in [1.807, 2.05) is 48.5 Å². The number of aromatic nitrogens is 3. The van der Waals surface area contributed by atoms with Crippen molar-refractivity contribution in [1.82, 2.24) is 15.0 Å². The highest BCUT2D eigenvalue weighted by molar-refractivity contribution is 6.13. The van der Waals surface area contributed by atoms with Crippen molar-refractivity contribution >= 4 is 43.9 Å². The summed E-state index contributed by atoms with van der Waals surface area (Å²) in [7, 11) is 0. The van der Waals surface area contributed by atoms with Gasteiger partial charge in [-0.15, -0.1) is 0 Å². The summed E-state index contributed by atoms with van der Waals surface area (Å²) >= 11 is 0. The number of nitrogens with zero attached hydrogens (tertiary/aromatic N) is 3. The molecule has 0 spiro atoms. The molecule has 306 valence electrons. The molecule has 0 atom stereocenters. The minimum atomic E-state index is -0.0509. The molecular weight excluding hydrogens is 795 g/mol. The van der Waals surface area contributed by atoms with Crippen molar-refractivity contribution in [2.45, 2.75) is 19.3 Å². The van der Waals surface area contributed by atoms with E-state index in [1.54, 1.807) is 0 Å². The van der Waals surface area contributed by atoms with E-state index in [2.05, 4.69) is 166 Å². The van der Waals surface area contributed by atoms with Crippen LogP contribution in [0.4, 0.5) is 0 Å². The highest BCUT2D eigenvalue weighted by Gasteiger charge is 2.36. The summed E-state index contributed by atoms with van der Waals surface area (Å²) in [6.45, 7) is 4.66. The van der Waals surface area contributed by atoms with Gasteiger partial charge in [0.15, 0.2) is 17.5 Å². The first-order chi connectivity index (χ1) is 32.0. The first-order valence-electron chi connectivity index (χ1n) is 22.1. The largest absolute Gasteiger partial charge is 0.456 e. The summed E-state index contributed by atoms with van der Waals surface area (Å²) in [5.74, 6) is 1.65. The molecule has 3 aromatic heterocycles. The maximum Gasteiger partial charge on any atom is 0.167 e. The lowest BCUT2D eigenvalue weighted by molar-refractivity contribution is 0.660. The molecule has 5 nitrogen and oxygen atoms in total. The van der Waals surface area contributed by atoms with E-state index in [9.17, 15) is 0 Å². The number of hydrogen-bond donors (Lipinski definition) is 0. The van der Waals surface area contributed by atoms with Crippen LogP contribution in [0.1, 0.15) is 25.0 Å². The van der Waals surface area contributed by atoms with Crippen LogP contribution < -0.4 is 0 Å². The average molecular weight is 834 g/mol. The van der Waals surface area contributed by atoms with E-state index in [0.717, 1.165) is 82.8 Å². The third-order valence-electron chi connectivity index (χ3n) is 13.4. The number of para-hydroxylation sites is 2. The molecule has 3 heterocycles. The van der Waals surface area contributed by atoms with E-state index >= 15 is 0 Å². The van der Waals surface area contributed by atoms with Crippen LogP contribution in [0.2, 0.25) is 0 Å². The molecule has 1 aliphatic rings. The summed E-state index contributed by atoms with van der Waals surface area (Å²) in [6, 6.07) is 70.2. The van der Waals surface area contributed by atoms with Gasteiger partial charge in [0.25, 0.3) is 0 Å². The van der Waals surface area contributed by atoms with Crippen molar-refractivity contribution in [3.63, 3.8) is 0 Å². The molecule has 0 unspecified atom stereocenters. The Labute approximate surface area is 375 Å². The fourth-order valence-corrected chi connectivity index (χ4v) is 10.1. The Bertz CT molecular complexity index is 3840. The third kappa shape index (κ3) is 5.89. The van der Waals surface area contributed by atoms with Gasteiger partial charge in [-0.1, -0.05) is 184 Å². The second kappa shape index (κ2) is 14.3. The van der Waals surface area contributed by atoms with Crippen LogP contribution in [0.25, 0.3) is 123 Å². The first-order valence-corrected chi connectivity index (χ1v) is 22.1. The lowest BCUT2D eigenvalue weighted by Gasteiger charge is -2.21. The summed E-state index contributed by atoms with van der Waals surface area (Å²) in [5.41, 5.74) is 18.0. The van der Waals surface area contributed by atoms with Gasteiger partial charge in [0.2, 0.25) is 0 Å². The molecule has 1 aliphatic carbocycles. The average Bonchev–Trinajstić information content (AvgIpc) is 4.01. The lowest BCUT2D eigenvalue weighted by Crippen LogP contribution is -2.14. The predicted octanol–water partition coefficient (Wildman–Crippen LogP) is 16.0. The molecule has 12 aromatic rings. The normalized spacial score (nSPS) is 12.9. The molecule has 65 heavy (non-hydrogen) atoms. The van der Waals surface area contributed by atoms with Crippen LogP contribution in [-0.4, -0.2) is 15.0 Å². The number of fused-ring (bicyclic) bond motifs is 9. The number of benzene rings is 9. The van der Waals surface area contributed by atoms with Crippen molar-refractivity contribution < 1.29 is 8.83 Å². The molecule has 9 aromatic carbocycles. The Morgan fingerprint density at radius 2 is 0.877 bits per heavy atom. The fraction of sp³-hybridized carbons (Fsp3) is 0.0500. The van der Waals surface area contributed by atoms with Crippen molar-refractivity contribution in [3.8, 4) is 78.7 Å². The Morgan fingerprint density at radius 1 is 0.338 bits per heavy atom. The third-order valence-corrected chi connectivity index (χ3v) is 13.4. The van der Waals surface area contributed by atoms with Crippen LogP contribution in [0.15, 0.2) is 209 Å². The monoisotopic (exact) mass is 833 g/mol. The summed E-state index contributed by atoms with van der Waals surface area (Å²) in [6.07, 6.45) is 0. The molecule has 0 amide bonds. The van der Waals surface area contributed by atoms with Crippen molar-refractivity contribution in [2.24, 2.45) is 0 Å². The van der Waals surface area contributed by atoms with Crippen LogP contribution in [0, 0.1) is 0 Å². The molecule has 5 heteroatoms. The zero-order valence-corrected chi connectivity index (χ0v) is 35.7. The summed E-state index contributed by atoms with van der Waals surface area (Å²) < 4.78 is 13.1. The van der Waals surface area contributed by atoms with E-state index in [0.29, 0.717) is 17.5 Å². The second-order valence-corrected chi connectivity index (χ2v) is 17.5. The zero-order valence-electron chi connectivity index (χ0n) is 35.7. The van der Waals surface area contributed by atoms with E-state index in [1.165, 1.54) is 33.4 Å². The number of hydrogen-bond acceptors (Lipinski definition) is 5. The van der Waals surface area contributed by atoms with Gasteiger partial charge >= 0.3 is 0 Å². The Hall–Kier alpha value is -8.41. The van der Waals surface area contributed by atoms with Gasteiger partial charge in [0.05, 0.1) is 5.56 Å². The topological polar surface area (TPSA) is 65.0 Å². The molecule has 0 radical (unpaired) electrons. The first kappa shape index (κ1) is 37.2. The van der Waals surface area contributed by atoms with Gasteiger partial charge in [-0.05, 0) is 86.0 Å². The molecular formula is C60H39N3O2. The maximum atomic E-state index is 6.56. The van der Waals surface area contributed by atoms with E-state index < -0.39 is 0 Å². The van der Waals surface area contributed by atoms with Crippen LogP contribution in [0.3, 0.4) is 0 Å². The van der Waals surface area contributed by atoms with Gasteiger partial charge in [0, 0.05) is 38.1 Å². The van der Waals surface area contributed by atoms with Gasteiger partial charge in [0.1, 0.15) is 22.3 Å². The maximum absolute atomic E-state index is 6.56. The standard InChI is InChI=1S/C60H39N3O2/c1-60(2)49-21-8-6-16-45(49)54-42(17-11-22-50(54)60)39-29-25-38(26-30-39)41-33-34-52-48(35-41)55-46(19-12-24-53(55)64-52)58-61-57(40-31-27-37(28-32-40)36-13-4-3-5-14-36)62-59(63-58)47-20-10-18-44-43-15-7-9-23-51(43)65-56(44)47/h3-35H,1-2H3. The van der Waals surface area contributed by atoms with Gasteiger partial charge in [-0.3, -0.25) is 0 Å². The Kier molecular flexibility index (Phi) is 8.18. The van der Waals surface area contributed by atoms with E-state index in [4.69, 9.17) is 23.8 Å². The number of rotatable bonds is 6. The van der Waals surface area contributed by atoms with Crippen LogP contribution >= 0.6 is 0 Å². The van der Waals surface area contributed by atoms with Gasteiger partial charge in [-0.25, -0.2) is 15.0 Å². The minimum Gasteiger partial charge on any atom is -0.456 e. The van der Waals surface area contributed by atoms with Crippen LogP contribution in [-0.2, 0) is 5.41 Å². The van der Waals surface area contributed by atoms with Crippen molar-refractivity contribution in [2.75, 3.05) is 0 Å². The van der Waals surface area contributed by atoms with E-state index in [-0.39, 0.29) is 5.41 Å². The Morgan fingerprint density at radius 3 is 1.72 bits per heavy atom. The minimum absolute atomic E-state index is 0.0509. The number of furan rings is 2. The SMILES string of the molecule is CC1(C)c2ccccc2-c2c(-c3ccc(-c4ccc5oc6cccc(-c7nc(-c8ccc(-c9ccccc9)cc8)nc(-c8cccc9c8oc8ccccc89)n7)c6c5c4)cc3)cccc21. The van der Waals surface area contributed by atoms with Gasteiger partial charge in [-0.2, -0.15) is 0 Å². The summed E-state index contributed by atoms with van der Waals surface area (Å²) in [5, 5.41) is 4.01. The van der Waals surface area contributed by atoms with Crippen molar-refractivity contribution in [1.29, 1.82) is 0 Å². The molecule has 13 rings (SSSR count). The zero-order chi connectivity index (χ0) is 43.2. The quantitative estimate of drug-likeness (QED) is 0.167. The molecule has 0 saturated heterocycles. The fourth-order valence-electron chi connectivity index (χ4n) is 10.1. The molecule has 0 saturated carbocycles. The molecule has 0 fully saturated rings. The summed E-state index contributed by atoms with van der Waals surface area (Å²) in [4.78, 5) is 15.7. The highest BCUT2D eigenvalue weighted by Crippen LogP contribution is 2.52. The predicted molar refractivity (Wildman–Crippen MR) is 265 cm³/mol. The second-order valence-electron chi connectivity index (χ2n) is 17.5.